The Labute approximate surface area is 143 Å². The van der Waals surface area contributed by atoms with Crippen LogP contribution < -0.4 is 4.72 Å². The van der Waals surface area contributed by atoms with Crippen molar-refractivity contribution < 1.29 is 17.8 Å². The van der Waals surface area contributed by atoms with E-state index < -0.39 is 17.2 Å². The summed E-state index contributed by atoms with van der Waals surface area (Å²) in [6, 6.07) is 10.3. The van der Waals surface area contributed by atoms with Crippen LogP contribution in [0.15, 0.2) is 47.4 Å². The third kappa shape index (κ3) is 4.46. The average molecular weight is 355 g/mol. The quantitative estimate of drug-likeness (QED) is 0.474. The fourth-order valence-corrected chi connectivity index (χ4v) is 2.59. The van der Waals surface area contributed by atoms with Gasteiger partial charge < -0.3 is 4.18 Å². The normalized spacial score (nSPS) is 11.3. The van der Waals surface area contributed by atoms with Crippen LogP contribution in [-0.4, -0.2) is 11.5 Å². The van der Waals surface area contributed by atoms with Gasteiger partial charge >= 0.3 is 0 Å². The molecule has 2 aromatic rings. The summed E-state index contributed by atoms with van der Waals surface area (Å²) < 4.78 is 34.3. The number of hydrogen-bond donors (Lipinski definition) is 2. The van der Waals surface area contributed by atoms with E-state index in [9.17, 15) is 13.6 Å². The van der Waals surface area contributed by atoms with Crippen molar-refractivity contribution in [1.82, 2.24) is 4.72 Å². The van der Waals surface area contributed by atoms with Gasteiger partial charge in [0.15, 0.2) is 5.60 Å². The van der Waals surface area contributed by atoms with E-state index in [1.54, 1.807) is 38.1 Å². The lowest BCUT2D eigenvalue weighted by Crippen LogP contribution is -2.39. The van der Waals surface area contributed by atoms with Crippen LogP contribution in [0.25, 0.3) is 11.1 Å². The topological polar surface area (TPSA) is 38.3 Å². The van der Waals surface area contributed by atoms with Gasteiger partial charge in [-0.1, -0.05) is 12.1 Å². The van der Waals surface area contributed by atoms with Crippen molar-refractivity contribution in [3.05, 3.63) is 54.1 Å². The standard InChI is InChI=1S/C16H15F2NO2S2/c1-16(2,21-22)15(20)19-23-12-5-3-4-10(8-12)13-7-6-11(17)9-14(13)18/h3-9,22H,1-2H3,(H,19,20). The van der Waals surface area contributed by atoms with E-state index in [1.807, 2.05) is 0 Å². The van der Waals surface area contributed by atoms with Crippen LogP contribution in [0.2, 0.25) is 0 Å². The molecule has 0 saturated carbocycles. The molecular formula is C16H15F2NO2S2. The van der Waals surface area contributed by atoms with Crippen LogP contribution in [0.1, 0.15) is 13.8 Å². The second-order valence-electron chi connectivity index (χ2n) is 5.29. The molecule has 1 amide bonds. The Morgan fingerprint density at radius 1 is 1.22 bits per heavy atom. The summed E-state index contributed by atoms with van der Waals surface area (Å²) in [6.45, 7) is 3.17. The third-order valence-corrected chi connectivity index (χ3v) is 4.35. The molecule has 0 atom stereocenters. The van der Waals surface area contributed by atoms with Gasteiger partial charge in [0.1, 0.15) is 11.6 Å². The van der Waals surface area contributed by atoms with Crippen molar-refractivity contribution in [3.8, 4) is 11.1 Å². The van der Waals surface area contributed by atoms with Gasteiger partial charge in [0, 0.05) is 16.5 Å². The smallest absolute Gasteiger partial charge is 0.263 e. The molecule has 7 heteroatoms. The number of benzene rings is 2. The predicted molar refractivity (Wildman–Crippen MR) is 89.9 cm³/mol. The lowest BCUT2D eigenvalue weighted by atomic mass is 10.1. The molecule has 23 heavy (non-hydrogen) atoms. The van der Waals surface area contributed by atoms with Crippen LogP contribution in [0.3, 0.4) is 0 Å². The highest BCUT2D eigenvalue weighted by molar-refractivity contribution is 7.98. The number of thiol groups is 1. The molecule has 0 fully saturated rings. The molecule has 0 bridgehead atoms. The van der Waals surface area contributed by atoms with Gasteiger partial charge in [-0.3, -0.25) is 9.52 Å². The minimum absolute atomic E-state index is 0.291. The van der Waals surface area contributed by atoms with Crippen LogP contribution in [0.5, 0.6) is 0 Å². The monoisotopic (exact) mass is 355 g/mol. The number of nitrogens with one attached hydrogen (secondary N) is 1. The van der Waals surface area contributed by atoms with E-state index in [0.717, 1.165) is 18.0 Å². The van der Waals surface area contributed by atoms with Gasteiger partial charge in [0.2, 0.25) is 0 Å². The Kier molecular flexibility index (Phi) is 5.67. The number of halogens is 2. The molecule has 122 valence electrons. The molecule has 0 spiro atoms. The molecule has 0 aliphatic heterocycles. The average Bonchev–Trinajstić information content (AvgIpc) is 2.52. The zero-order valence-electron chi connectivity index (χ0n) is 12.5. The van der Waals surface area contributed by atoms with Gasteiger partial charge in [-0.15, -0.1) is 0 Å². The Balaban J connectivity index is 2.16. The van der Waals surface area contributed by atoms with Crippen molar-refractivity contribution in [2.24, 2.45) is 0 Å². The number of carbonyl (C=O) groups excluding carboxylic acids is 1. The van der Waals surface area contributed by atoms with Gasteiger partial charge in [0.25, 0.3) is 5.91 Å². The van der Waals surface area contributed by atoms with E-state index in [1.165, 1.54) is 12.1 Å². The largest absolute Gasteiger partial charge is 0.303 e. The highest BCUT2D eigenvalue weighted by Gasteiger charge is 2.27. The van der Waals surface area contributed by atoms with Gasteiger partial charge in [-0.05, 0) is 68.5 Å². The maximum atomic E-state index is 13.8. The summed E-state index contributed by atoms with van der Waals surface area (Å²) >= 11 is 4.74. The zero-order chi connectivity index (χ0) is 17.0. The highest BCUT2D eigenvalue weighted by atomic mass is 32.2. The molecule has 2 aromatic carbocycles. The summed E-state index contributed by atoms with van der Waals surface area (Å²) in [5.41, 5.74) is -0.192. The molecule has 0 unspecified atom stereocenters. The third-order valence-electron chi connectivity index (χ3n) is 3.11. The van der Waals surface area contributed by atoms with Gasteiger partial charge in [-0.25, -0.2) is 8.78 Å². The van der Waals surface area contributed by atoms with Crippen LogP contribution in [-0.2, 0) is 8.98 Å². The molecule has 1 N–H and O–H groups in total. The van der Waals surface area contributed by atoms with E-state index in [4.69, 9.17) is 4.18 Å². The first-order chi connectivity index (χ1) is 10.8. The summed E-state index contributed by atoms with van der Waals surface area (Å²) in [7, 11) is 0. The molecular weight excluding hydrogens is 340 g/mol. The lowest BCUT2D eigenvalue weighted by molar-refractivity contribution is -0.130. The maximum absolute atomic E-state index is 13.8. The van der Waals surface area contributed by atoms with Crippen molar-refractivity contribution in [2.45, 2.75) is 24.3 Å². The second-order valence-corrected chi connectivity index (χ2v) is 6.35. The van der Waals surface area contributed by atoms with E-state index in [-0.39, 0.29) is 5.91 Å². The summed E-state index contributed by atoms with van der Waals surface area (Å²) in [5, 5.41) is 0. The molecule has 0 aliphatic carbocycles. The summed E-state index contributed by atoms with van der Waals surface area (Å²) in [6.07, 6.45) is 0. The first-order valence-corrected chi connectivity index (χ1v) is 7.87. The van der Waals surface area contributed by atoms with Crippen molar-refractivity contribution in [2.75, 3.05) is 0 Å². The van der Waals surface area contributed by atoms with Gasteiger partial charge in [0.05, 0.1) is 0 Å². The van der Waals surface area contributed by atoms with Crippen molar-refractivity contribution in [3.63, 3.8) is 0 Å². The van der Waals surface area contributed by atoms with Crippen LogP contribution in [0.4, 0.5) is 8.78 Å². The molecule has 0 radical (unpaired) electrons. The first-order valence-electron chi connectivity index (χ1n) is 6.69. The van der Waals surface area contributed by atoms with Crippen molar-refractivity contribution >= 4 is 30.8 Å². The Hall–Kier alpha value is -1.57. The summed E-state index contributed by atoms with van der Waals surface area (Å²) in [5.74, 6) is -1.62. The Morgan fingerprint density at radius 2 is 1.96 bits per heavy atom. The molecule has 0 aliphatic rings. The SMILES string of the molecule is CC(C)(OS)C(=O)NSc1cccc(-c2ccc(F)cc2F)c1. The Bertz CT molecular complexity index is 723. The van der Waals surface area contributed by atoms with Crippen LogP contribution in [0, 0.1) is 11.6 Å². The number of amides is 1. The minimum atomic E-state index is -1.07. The van der Waals surface area contributed by atoms with Crippen molar-refractivity contribution in [1.29, 1.82) is 0 Å². The highest BCUT2D eigenvalue weighted by Crippen LogP contribution is 2.27. The van der Waals surface area contributed by atoms with E-state index >= 15 is 0 Å². The fourth-order valence-electron chi connectivity index (χ4n) is 1.72. The number of rotatable bonds is 5. The molecule has 0 saturated heterocycles. The maximum Gasteiger partial charge on any atom is 0.263 e. The summed E-state index contributed by atoms with van der Waals surface area (Å²) in [4.78, 5) is 12.6. The first kappa shape index (κ1) is 17.8. The van der Waals surface area contributed by atoms with Gasteiger partial charge in [-0.2, -0.15) is 0 Å². The Morgan fingerprint density at radius 3 is 2.61 bits per heavy atom. The lowest BCUT2D eigenvalue weighted by Gasteiger charge is -2.19. The van der Waals surface area contributed by atoms with Crippen LogP contribution >= 0.6 is 24.9 Å². The molecule has 0 heterocycles. The number of carbonyl (C=O) groups is 1. The predicted octanol–water partition coefficient (Wildman–Crippen LogP) is 4.40. The number of hydrogen-bond acceptors (Lipinski definition) is 4. The molecule has 3 nitrogen and oxygen atoms in total. The molecule has 0 aromatic heterocycles. The molecule has 2 rings (SSSR count). The second kappa shape index (κ2) is 7.33. The van der Waals surface area contributed by atoms with E-state index in [2.05, 4.69) is 17.6 Å². The van der Waals surface area contributed by atoms with E-state index in [0.29, 0.717) is 16.0 Å². The zero-order valence-corrected chi connectivity index (χ0v) is 14.2. The minimum Gasteiger partial charge on any atom is -0.303 e. The fraction of sp³-hybridized carbons (Fsp3) is 0.188.